The summed E-state index contributed by atoms with van der Waals surface area (Å²) in [5.41, 5.74) is 0.442. The largest absolute Gasteiger partial charge is 0.354 e. The highest BCUT2D eigenvalue weighted by Crippen LogP contribution is 2.32. The van der Waals surface area contributed by atoms with E-state index in [2.05, 4.69) is 36.2 Å². The van der Waals surface area contributed by atoms with Gasteiger partial charge in [0.2, 0.25) is 11.6 Å². The molecule has 8 nitrogen and oxygen atoms in total. The SMILES string of the molecule is O=[N+]([O-])c1c(Nc2ccccc2Br)ncnc1-n1ccnc1. The molecule has 0 bridgehead atoms. The number of anilines is 2. The van der Waals surface area contributed by atoms with Crippen LogP contribution < -0.4 is 5.32 Å². The zero-order valence-electron chi connectivity index (χ0n) is 11.0. The molecular formula is C13H9BrN6O2. The van der Waals surface area contributed by atoms with Crippen molar-refractivity contribution in [2.75, 3.05) is 5.32 Å². The standard InChI is InChI=1S/C13H9BrN6O2/c14-9-3-1-2-4-10(9)18-12-11(20(21)22)13(17-7-16-12)19-6-5-15-8-19/h1-8H,(H,16,17,18). The second kappa shape index (κ2) is 5.90. The van der Waals surface area contributed by atoms with Crippen molar-refractivity contribution in [2.24, 2.45) is 0 Å². The number of nitrogens with one attached hydrogen (secondary N) is 1. The van der Waals surface area contributed by atoms with Gasteiger partial charge in [0.05, 0.1) is 10.6 Å². The number of para-hydroxylation sites is 1. The number of halogens is 1. The molecule has 0 fully saturated rings. The van der Waals surface area contributed by atoms with Gasteiger partial charge in [-0.15, -0.1) is 0 Å². The van der Waals surface area contributed by atoms with Crippen molar-refractivity contribution < 1.29 is 4.92 Å². The Hall–Kier alpha value is -2.81. The Morgan fingerprint density at radius 3 is 2.77 bits per heavy atom. The van der Waals surface area contributed by atoms with Gasteiger partial charge in [-0.25, -0.2) is 15.0 Å². The number of hydrogen-bond donors (Lipinski definition) is 1. The molecule has 2 heterocycles. The lowest BCUT2D eigenvalue weighted by molar-refractivity contribution is -0.384. The Kier molecular flexibility index (Phi) is 3.79. The van der Waals surface area contributed by atoms with Crippen LogP contribution in [0.3, 0.4) is 0 Å². The fraction of sp³-hybridized carbons (Fsp3) is 0. The molecule has 1 N–H and O–H groups in total. The number of imidazole rings is 1. The highest BCUT2D eigenvalue weighted by atomic mass is 79.9. The van der Waals surface area contributed by atoms with E-state index in [4.69, 9.17) is 0 Å². The first kappa shape index (κ1) is 14.1. The van der Waals surface area contributed by atoms with Crippen LogP contribution >= 0.6 is 15.9 Å². The zero-order chi connectivity index (χ0) is 15.5. The summed E-state index contributed by atoms with van der Waals surface area (Å²) in [5.74, 6) is 0.252. The van der Waals surface area contributed by atoms with Gasteiger partial charge in [-0.05, 0) is 28.1 Å². The molecule has 0 saturated carbocycles. The van der Waals surface area contributed by atoms with Gasteiger partial charge in [0.1, 0.15) is 12.7 Å². The molecule has 2 aromatic heterocycles. The first-order valence-electron chi connectivity index (χ1n) is 6.16. The van der Waals surface area contributed by atoms with E-state index in [-0.39, 0.29) is 17.3 Å². The summed E-state index contributed by atoms with van der Waals surface area (Å²) in [6, 6.07) is 7.27. The maximum absolute atomic E-state index is 11.5. The smallest absolute Gasteiger partial charge is 0.333 e. The number of benzene rings is 1. The summed E-state index contributed by atoms with van der Waals surface area (Å²) in [7, 11) is 0. The van der Waals surface area contributed by atoms with Crippen molar-refractivity contribution in [3.63, 3.8) is 0 Å². The molecule has 0 aliphatic carbocycles. The van der Waals surface area contributed by atoms with Gasteiger partial charge in [0, 0.05) is 16.9 Å². The van der Waals surface area contributed by atoms with Crippen LogP contribution in [0.4, 0.5) is 17.2 Å². The van der Waals surface area contributed by atoms with E-state index in [1.165, 1.54) is 23.4 Å². The van der Waals surface area contributed by atoms with Crippen molar-refractivity contribution in [1.82, 2.24) is 19.5 Å². The number of aromatic nitrogens is 4. The van der Waals surface area contributed by atoms with E-state index >= 15 is 0 Å². The van der Waals surface area contributed by atoms with Gasteiger partial charge in [-0.3, -0.25) is 14.7 Å². The molecule has 0 aliphatic rings. The van der Waals surface area contributed by atoms with E-state index in [9.17, 15) is 10.1 Å². The normalized spacial score (nSPS) is 10.4. The zero-order valence-corrected chi connectivity index (χ0v) is 12.6. The summed E-state index contributed by atoms with van der Waals surface area (Å²) in [6.07, 6.45) is 5.81. The molecule has 0 unspecified atom stereocenters. The van der Waals surface area contributed by atoms with Crippen LogP contribution in [0.25, 0.3) is 5.82 Å². The number of rotatable bonds is 4. The average Bonchev–Trinajstić information content (AvgIpc) is 3.03. The van der Waals surface area contributed by atoms with Gasteiger partial charge in [0.25, 0.3) is 0 Å². The third kappa shape index (κ3) is 2.66. The minimum absolute atomic E-state index is 0.107. The predicted molar refractivity (Wildman–Crippen MR) is 83.2 cm³/mol. The molecule has 0 saturated heterocycles. The van der Waals surface area contributed by atoms with E-state index in [0.29, 0.717) is 5.69 Å². The molecular weight excluding hydrogens is 352 g/mol. The minimum atomic E-state index is -0.519. The van der Waals surface area contributed by atoms with Gasteiger partial charge in [-0.1, -0.05) is 12.1 Å². The first-order valence-corrected chi connectivity index (χ1v) is 6.95. The lowest BCUT2D eigenvalue weighted by Crippen LogP contribution is -2.07. The van der Waals surface area contributed by atoms with Crippen LogP contribution in [-0.2, 0) is 0 Å². The quantitative estimate of drug-likeness (QED) is 0.566. The van der Waals surface area contributed by atoms with E-state index in [1.807, 2.05) is 18.2 Å². The second-order valence-electron chi connectivity index (χ2n) is 4.23. The lowest BCUT2D eigenvalue weighted by Gasteiger charge is -2.09. The monoisotopic (exact) mass is 360 g/mol. The Morgan fingerprint density at radius 2 is 2.09 bits per heavy atom. The summed E-state index contributed by atoms with van der Waals surface area (Å²) in [5, 5.41) is 14.4. The van der Waals surface area contributed by atoms with Crippen LogP contribution in [0.1, 0.15) is 0 Å². The van der Waals surface area contributed by atoms with E-state index < -0.39 is 4.92 Å². The van der Waals surface area contributed by atoms with Crippen molar-refractivity contribution in [3.8, 4) is 5.82 Å². The number of nitro groups is 1. The fourth-order valence-corrected chi connectivity index (χ4v) is 2.28. The number of nitrogens with zero attached hydrogens (tertiary/aromatic N) is 5. The highest BCUT2D eigenvalue weighted by molar-refractivity contribution is 9.10. The van der Waals surface area contributed by atoms with Crippen LogP contribution in [-0.4, -0.2) is 24.4 Å². The van der Waals surface area contributed by atoms with Crippen LogP contribution in [0.5, 0.6) is 0 Å². The third-order valence-electron chi connectivity index (χ3n) is 2.86. The summed E-state index contributed by atoms with van der Waals surface area (Å²) in [6.45, 7) is 0. The molecule has 9 heteroatoms. The Morgan fingerprint density at radius 1 is 1.27 bits per heavy atom. The topological polar surface area (TPSA) is 98.8 Å². The van der Waals surface area contributed by atoms with Crippen LogP contribution in [0.15, 0.2) is 53.8 Å². The molecule has 0 spiro atoms. The van der Waals surface area contributed by atoms with Gasteiger partial charge in [-0.2, -0.15) is 0 Å². The predicted octanol–water partition coefficient (Wildman–Crippen LogP) is 3.08. The Bertz CT molecular complexity index is 821. The fourth-order valence-electron chi connectivity index (χ4n) is 1.89. The maximum Gasteiger partial charge on any atom is 0.354 e. The van der Waals surface area contributed by atoms with Gasteiger partial charge < -0.3 is 5.32 Å². The molecule has 3 rings (SSSR count). The van der Waals surface area contributed by atoms with E-state index in [0.717, 1.165) is 4.47 Å². The Balaban J connectivity index is 2.10. The molecule has 0 radical (unpaired) electrons. The molecule has 0 aliphatic heterocycles. The van der Waals surface area contributed by atoms with Crippen molar-refractivity contribution in [2.45, 2.75) is 0 Å². The Labute approximate surface area is 133 Å². The van der Waals surface area contributed by atoms with Gasteiger partial charge in [0.15, 0.2) is 0 Å². The molecule has 0 amide bonds. The molecule has 1 aromatic carbocycles. The van der Waals surface area contributed by atoms with Gasteiger partial charge >= 0.3 is 5.69 Å². The molecule has 0 atom stereocenters. The molecule has 110 valence electrons. The van der Waals surface area contributed by atoms with Crippen LogP contribution in [0, 0.1) is 10.1 Å². The maximum atomic E-state index is 11.5. The third-order valence-corrected chi connectivity index (χ3v) is 3.55. The highest BCUT2D eigenvalue weighted by Gasteiger charge is 2.24. The molecule has 3 aromatic rings. The van der Waals surface area contributed by atoms with Crippen molar-refractivity contribution in [3.05, 3.63) is 63.9 Å². The van der Waals surface area contributed by atoms with Crippen molar-refractivity contribution in [1.29, 1.82) is 0 Å². The summed E-state index contributed by atoms with van der Waals surface area (Å²) < 4.78 is 2.23. The lowest BCUT2D eigenvalue weighted by atomic mass is 10.3. The number of hydrogen-bond acceptors (Lipinski definition) is 6. The van der Waals surface area contributed by atoms with Crippen molar-refractivity contribution >= 4 is 33.1 Å². The minimum Gasteiger partial charge on any atom is -0.333 e. The summed E-state index contributed by atoms with van der Waals surface area (Å²) >= 11 is 3.38. The average molecular weight is 361 g/mol. The second-order valence-corrected chi connectivity index (χ2v) is 5.08. The van der Waals surface area contributed by atoms with E-state index in [1.54, 1.807) is 12.3 Å². The van der Waals surface area contributed by atoms with Crippen LogP contribution in [0.2, 0.25) is 0 Å². The first-order chi connectivity index (χ1) is 10.7. The molecule has 22 heavy (non-hydrogen) atoms. The summed E-state index contributed by atoms with van der Waals surface area (Å²) in [4.78, 5) is 22.8.